The van der Waals surface area contributed by atoms with Crippen LogP contribution in [0.25, 0.3) is 11.3 Å². The number of nitrogens with zero attached hydrogens (tertiary/aromatic N) is 3. The van der Waals surface area contributed by atoms with Crippen LogP contribution >= 0.6 is 0 Å². The van der Waals surface area contributed by atoms with E-state index in [2.05, 4.69) is 25.5 Å². The third kappa shape index (κ3) is 4.20. The Kier molecular flexibility index (Phi) is 4.70. The van der Waals surface area contributed by atoms with Crippen molar-refractivity contribution in [2.45, 2.75) is 0 Å². The monoisotopic (exact) mass is 337 g/mol. The number of carbonyl (C=O) groups excluding carboxylic acids is 1. The van der Waals surface area contributed by atoms with E-state index in [1.165, 1.54) is 36.5 Å². The van der Waals surface area contributed by atoms with Gasteiger partial charge in [0.25, 0.3) is 5.91 Å². The molecule has 2 heterocycles. The van der Waals surface area contributed by atoms with E-state index in [1.807, 2.05) is 0 Å². The van der Waals surface area contributed by atoms with Crippen LogP contribution in [0.3, 0.4) is 0 Å². The number of aromatic nitrogens is 3. The van der Waals surface area contributed by atoms with Crippen LogP contribution in [0.4, 0.5) is 4.39 Å². The number of pyridine rings is 1. The van der Waals surface area contributed by atoms with Crippen LogP contribution in [0.15, 0.2) is 64.8 Å². The minimum Gasteiger partial charge on any atom is -0.301 e. The Bertz CT molecular complexity index is 968. The maximum absolute atomic E-state index is 13.0. The molecule has 0 aliphatic heterocycles. The molecule has 3 aromatic rings. The molecule has 124 valence electrons. The van der Waals surface area contributed by atoms with Gasteiger partial charge < -0.3 is 4.98 Å². The number of amides is 1. The smallest absolute Gasteiger partial charge is 0.301 e. The SMILES string of the molecule is O=C(N/N=C/c1cccnc1)c1cc(-c2ccc(F)cc2)nc(=O)[nH]1. The minimum absolute atomic E-state index is 0.0114. The Morgan fingerprint density at radius 1 is 1.24 bits per heavy atom. The van der Waals surface area contributed by atoms with Crippen LogP contribution < -0.4 is 11.1 Å². The molecular formula is C17H12FN5O2. The molecule has 1 aromatic carbocycles. The topological polar surface area (TPSA) is 100 Å². The number of hydrazone groups is 1. The first kappa shape index (κ1) is 16.2. The third-order valence-electron chi connectivity index (χ3n) is 3.19. The Morgan fingerprint density at radius 2 is 2.04 bits per heavy atom. The molecule has 0 saturated carbocycles. The van der Waals surface area contributed by atoms with E-state index in [9.17, 15) is 14.0 Å². The molecule has 3 rings (SSSR count). The van der Waals surface area contributed by atoms with Gasteiger partial charge >= 0.3 is 5.69 Å². The summed E-state index contributed by atoms with van der Waals surface area (Å²) < 4.78 is 13.0. The fourth-order valence-corrected chi connectivity index (χ4v) is 2.03. The van der Waals surface area contributed by atoms with Gasteiger partial charge in [-0.05, 0) is 36.4 Å². The van der Waals surface area contributed by atoms with Crippen LogP contribution in [-0.2, 0) is 0 Å². The van der Waals surface area contributed by atoms with Gasteiger partial charge in [-0.25, -0.2) is 14.6 Å². The highest BCUT2D eigenvalue weighted by Crippen LogP contribution is 2.16. The van der Waals surface area contributed by atoms with Gasteiger partial charge in [0.05, 0.1) is 11.9 Å². The van der Waals surface area contributed by atoms with Crippen molar-refractivity contribution < 1.29 is 9.18 Å². The van der Waals surface area contributed by atoms with Crippen LogP contribution in [0, 0.1) is 5.82 Å². The first-order valence-electron chi connectivity index (χ1n) is 7.22. The van der Waals surface area contributed by atoms with Gasteiger partial charge in [0.2, 0.25) is 0 Å². The van der Waals surface area contributed by atoms with Crippen LogP contribution in [0.1, 0.15) is 16.1 Å². The highest BCUT2D eigenvalue weighted by molar-refractivity contribution is 5.93. The lowest BCUT2D eigenvalue weighted by molar-refractivity contribution is 0.0949. The van der Waals surface area contributed by atoms with Gasteiger partial charge in [0, 0.05) is 23.5 Å². The number of benzene rings is 1. The number of carbonyl (C=O) groups is 1. The van der Waals surface area contributed by atoms with Gasteiger partial charge in [-0.3, -0.25) is 9.78 Å². The summed E-state index contributed by atoms with van der Waals surface area (Å²) in [4.78, 5) is 33.8. The molecule has 7 nitrogen and oxygen atoms in total. The molecule has 0 saturated heterocycles. The lowest BCUT2D eigenvalue weighted by Gasteiger charge is -2.03. The number of hydrogen-bond donors (Lipinski definition) is 2. The van der Waals surface area contributed by atoms with E-state index in [1.54, 1.807) is 24.5 Å². The standard InChI is InChI=1S/C17H12FN5O2/c18-13-5-3-12(4-6-13)14-8-15(22-17(25)21-14)16(24)23-20-10-11-2-1-7-19-9-11/h1-10H,(H,23,24)(H,21,22,25)/b20-10+. The van der Waals surface area contributed by atoms with Gasteiger partial charge in [-0.15, -0.1) is 0 Å². The number of nitrogens with one attached hydrogen (secondary N) is 2. The van der Waals surface area contributed by atoms with E-state index in [4.69, 9.17) is 0 Å². The molecule has 2 N–H and O–H groups in total. The minimum atomic E-state index is -0.691. The van der Waals surface area contributed by atoms with Crippen molar-refractivity contribution in [3.63, 3.8) is 0 Å². The summed E-state index contributed by atoms with van der Waals surface area (Å²) in [6.45, 7) is 0. The van der Waals surface area contributed by atoms with Crippen LogP contribution in [0.5, 0.6) is 0 Å². The Labute approximate surface area is 141 Å². The maximum Gasteiger partial charge on any atom is 0.346 e. The van der Waals surface area contributed by atoms with Gasteiger partial charge in [0.1, 0.15) is 11.5 Å². The normalized spacial score (nSPS) is 10.8. The highest BCUT2D eigenvalue weighted by atomic mass is 19.1. The van der Waals surface area contributed by atoms with Crippen molar-refractivity contribution >= 4 is 12.1 Å². The van der Waals surface area contributed by atoms with Crippen LogP contribution in [-0.4, -0.2) is 27.1 Å². The van der Waals surface area contributed by atoms with Gasteiger partial charge in [-0.1, -0.05) is 6.07 Å². The van der Waals surface area contributed by atoms with Crippen molar-refractivity contribution in [3.05, 3.63) is 82.4 Å². The molecule has 0 aliphatic rings. The predicted molar refractivity (Wildman–Crippen MR) is 89.5 cm³/mol. The van der Waals surface area contributed by atoms with Crippen molar-refractivity contribution in [1.29, 1.82) is 0 Å². The lowest BCUT2D eigenvalue weighted by atomic mass is 10.1. The molecule has 0 aliphatic carbocycles. The summed E-state index contributed by atoms with van der Waals surface area (Å²) in [7, 11) is 0. The second-order valence-electron chi connectivity index (χ2n) is 4.98. The molecule has 2 aromatic heterocycles. The molecule has 0 fully saturated rings. The largest absolute Gasteiger partial charge is 0.346 e. The molecule has 0 bridgehead atoms. The van der Waals surface area contributed by atoms with E-state index in [-0.39, 0.29) is 11.4 Å². The van der Waals surface area contributed by atoms with E-state index in [0.29, 0.717) is 11.1 Å². The Morgan fingerprint density at radius 3 is 2.76 bits per heavy atom. The fourth-order valence-electron chi connectivity index (χ4n) is 2.03. The summed E-state index contributed by atoms with van der Waals surface area (Å²) in [6, 6.07) is 10.3. The second kappa shape index (κ2) is 7.26. The predicted octanol–water partition coefficient (Wildman–Crippen LogP) is 1.73. The average molecular weight is 337 g/mol. The molecule has 25 heavy (non-hydrogen) atoms. The number of rotatable bonds is 4. The molecule has 0 radical (unpaired) electrons. The Balaban J connectivity index is 1.80. The maximum atomic E-state index is 13.0. The first-order valence-corrected chi connectivity index (χ1v) is 7.22. The number of hydrogen-bond acceptors (Lipinski definition) is 5. The molecule has 0 atom stereocenters. The van der Waals surface area contributed by atoms with Crippen molar-refractivity contribution in [2.75, 3.05) is 0 Å². The molecular weight excluding hydrogens is 325 g/mol. The summed E-state index contributed by atoms with van der Waals surface area (Å²) >= 11 is 0. The van der Waals surface area contributed by atoms with Gasteiger partial charge in [-0.2, -0.15) is 10.1 Å². The molecule has 8 heteroatoms. The van der Waals surface area contributed by atoms with Gasteiger partial charge in [0.15, 0.2) is 0 Å². The van der Waals surface area contributed by atoms with E-state index < -0.39 is 17.4 Å². The van der Waals surface area contributed by atoms with E-state index in [0.717, 1.165) is 0 Å². The number of H-pyrrole nitrogens is 1. The van der Waals surface area contributed by atoms with Crippen molar-refractivity contribution in [3.8, 4) is 11.3 Å². The summed E-state index contributed by atoms with van der Waals surface area (Å²) in [5, 5.41) is 3.81. The summed E-state index contributed by atoms with van der Waals surface area (Å²) in [6.07, 6.45) is 4.62. The zero-order chi connectivity index (χ0) is 17.6. The average Bonchev–Trinajstić information content (AvgIpc) is 2.62. The van der Waals surface area contributed by atoms with Crippen LogP contribution in [0.2, 0.25) is 0 Å². The molecule has 1 amide bonds. The number of aromatic amines is 1. The van der Waals surface area contributed by atoms with Crippen molar-refractivity contribution in [1.82, 2.24) is 20.4 Å². The zero-order valence-electron chi connectivity index (χ0n) is 12.8. The fraction of sp³-hybridized carbons (Fsp3) is 0. The third-order valence-corrected chi connectivity index (χ3v) is 3.19. The first-order chi connectivity index (χ1) is 12.1. The number of halogens is 1. The van der Waals surface area contributed by atoms with Crippen molar-refractivity contribution in [2.24, 2.45) is 5.10 Å². The highest BCUT2D eigenvalue weighted by Gasteiger charge is 2.10. The quantitative estimate of drug-likeness (QED) is 0.559. The van der Waals surface area contributed by atoms with E-state index >= 15 is 0 Å². The molecule has 0 unspecified atom stereocenters. The molecule has 0 spiro atoms. The lowest BCUT2D eigenvalue weighted by Crippen LogP contribution is -2.24. The Hall–Kier alpha value is -3.68. The second-order valence-corrected chi connectivity index (χ2v) is 4.98. The summed E-state index contributed by atoms with van der Waals surface area (Å²) in [5.74, 6) is -1.01. The zero-order valence-corrected chi connectivity index (χ0v) is 12.8. The summed E-state index contributed by atoms with van der Waals surface area (Å²) in [5.41, 5.74) is 3.08.